The number of aromatic nitrogens is 2. The Morgan fingerprint density at radius 2 is 1.33 bits per heavy atom. The van der Waals surface area contributed by atoms with E-state index in [-0.39, 0.29) is 20.1 Å². The molecule has 30 heavy (non-hydrogen) atoms. The summed E-state index contributed by atoms with van der Waals surface area (Å²) in [6, 6.07) is 38.4. The molecule has 0 N–H and O–H groups in total. The minimum absolute atomic E-state index is 0. The second kappa shape index (κ2) is 10.6. The van der Waals surface area contributed by atoms with Crippen molar-refractivity contribution in [3.63, 3.8) is 0 Å². The third kappa shape index (κ3) is 5.48. The molecule has 3 heteroatoms. The van der Waals surface area contributed by atoms with Crippen LogP contribution in [0.3, 0.4) is 0 Å². The van der Waals surface area contributed by atoms with E-state index in [1.165, 1.54) is 10.9 Å². The number of benzene rings is 3. The Balaban J connectivity index is 0.000000175. The van der Waals surface area contributed by atoms with Crippen LogP contribution in [0.5, 0.6) is 0 Å². The second-order valence-electron chi connectivity index (χ2n) is 6.66. The molecule has 0 fully saturated rings. The largest absolute Gasteiger partial charge is 0.305 e. The summed E-state index contributed by atoms with van der Waals surface area (Å²) < 4.78 is 0. The van der Waals surface area contributed by atoms with Crippen molar-refractivity contribution >= 4 is 10.9 Å². The van der Waals surface area contributed by atoms with Gasteiger partial charge in [-0.3, -0.25) is 4.98 Å². The Hall–Kier alpha value is -3.13. The molecule has 0 saturated heterocycles. The van der Waals surface area contributed by atoms with Gasteiger partial charge in [0.05, 0.1) is 5.52 Å². The van der Waals surface area contributed by atoms with Crippen molar-refractivity contribution in [2.75, 3.05) is 0 Å². The van der Waals surface area contributed by atoms with Crippen molar-refractivity contribution in [2.45, 2.75) is 6.92 Å². The molecular weight excluding hydrogens is 545 g/mol. The van der Waals surface area contributed by atoms with Crippen LogP contribution in [0.25, 0.3) is 33.4 Å². The third-order valence-corrected chi connectivity index (χ3v) is 4.48. The average Bonchev–Trinajstić information content (AvgIpc) is 2.81. The Morgan fingerprint density at radius 1 is 0.667 bits per heavy atom. The molecule has 149 valence electrons. The van der Waals surface area contributed by atoms with Gasteiger partial charge in [0, 0.05) is 26.3 Å². The smallest absolute Gasteiger partial charge is 0.0597 e. The number of fused-ring (bicyclic) bond motifs is 1. The summed E-state index contributed by atoms with van der Waals surface area (Å²) >= 11 is 0. The molecule has 1 radical (unpaired) electrons. The van der Waals surface area contributed by atoms with Gasteiger partial charge in [-0.05, 0) is 41.4 Å². The Labute approximate surface area is 191 Å². The van der Waals surface area contributed by atoms with Crippen LogP contribution >= 0.6 is 0 Å². The van der Waals surface area contributed by atoms with Crippen molar-refractivity contribution in [1.29, 1.82) is 0 Å². The first-order valence-corrected chi connectivity index (χ1v) is 9.52. The Morgan fingerprint density at radius 3 is 1.97 bits per heavy atom. The number of hydrogen-bond acceptors (Lipinski definition) is 2. The Kier molecular flexibility index (Phi) is 7.62. The molecule has 0 saturated carbocycles. The fraction of sp³-hybridized carbons (Fsp3) is 0.0370. The molecule has 2 heterocycles. The van der Waals surface area contributed by atoms with Gasteiger partial charge >= 0.3 is 0 Å². The maximum absolute atomic E-state index is 4.68. The molecule has 0 bridgehead atoms. The van der Waals surface area contributed by atoms with E-state index in [1.54, 1.807) is 6.20 Å². The molecule has 5 aromatic rings. The molecule has 0 amide bonds. The van der Waals surface area contributed by atoms with Crippen LogP contribution in [0.2, 0.25) is 0 Å². The summed E-state index contributed by atoms with van der Waals surface area (Å²) in [5.74, 6) is 0. The monoisotopic (exact) mass is 565 g/mol. The topological polar surface area (TPSA) is 25.8 Å². The number of pyridine rings is 2. The summed E-state index contributed by atoms with van der Waals surface area (Å²) in [6.07, 6.45) is 1.79. The number of nitrogens with zero attached hydrogens (tertiary/aromatic N) is 2. The van der Waals surface area contributed by atoms with Crippen molar-refractivity contribution in [3.8, 4) is 22.5 Å². The van der Waals surface area contributed by atoms with E-state index < -0.39 is 0 Å². The molecule has 0 aliphatic heterocycles. The van der Waals surface area contributed by atoms with Gasteiger partial charge in [0.1, 0.15) is 0 Å². The van der Waals surface area contributed by atoms with Crippen LogP contribution in [0, 0.1) is 19.1 Å². The van der Waals surface area contributed by atoms with E-state index in [4.69, 9.17) is 0 Å². The SMILES string of the molecule is Cc1ccc2ccc(-c3[c-]cccc3)nc2c1.[Ir].[c-]1ccccc1-c1ccccn1. The predicted molar refractivity (Wildman–Crippen MR) is 119 cm³/mol. The maximum atomic E-state index is 4.68. The van der Waals surface area contributed by atoms with Crippen LogP contribution < -0.4 is 0 Å². The van der Waals surface area contributed by atoms with Gasteiger partial charge in [-0.1, -0.05) is 36.4 Å². The summed E-state index contributed by atoms with van der Waals surface area (Å²) in [5.41, 5.74) is 6.30. The van der Waals surface area contributed by atoms with Crippen molar-refractivity contribution in [3.05, 3.63) is 121 Å². The zero-order valence-electron chi connectivity index (χ0n) is 16.5. The molecule has 0 atom stereocenters. The minimum Gasteiger partial charge on any atom is -0.305 e. The van der Waals surface area contributed by atoms with Crippen LogP contribution in [-0.2, 0) is 20.1 Å². The van der Waals surface area contributed by atoms with E-state index in [0.717, 1.165) is 28.0 Å². The quantitative estimate of drug-likeness (QED) is 0.227. The molecule has 5 rings (SSSR count). The molecule has 3 aromatic carbocycles. The predicted octanol–water partition coefficient (Wildman–Crippen LogP) is 6.56. The van der Waals surface area contributed by atoms with Gasteiger partial charge < -0.3 is 4.98 Å². The zero-order chi connectivity index (χ0) is 19.9. The Bertz CT molecular complexity index is 1150. The molecule has 0 spiro atoms. The van der Waals surface area contributed by atoms with Crippen LogP contribution in [0.1, 0.15) is 5.56 Å². The minimum atomic E-state index is 0. The van der Waals surface area contributed by atoms with Gasteiger partial charge in [0.15, 0.2) is 0 Å². The zero-order valence-corrected chi connectivity index (χ0v) is 18.9. The van der Waals surface area contributed by atoms with Gasteiger partial charge in [0.2, 0.25) is 0 Å². The van der Waals surface area contributed by atoms with Crippen molar-refractivity contribution in [1.82, 2.24) is 9.97 Å². The number of aryl methyl sites for hydroxylation is 1. The summed E-state index contributed by atoms with van der Waals surface area (Å²) in [7, 11) is 0. The molecule has 0 aliphatic carbocycles. The standard InChI is InChI=1S/C16H12N.C11H8N.Ir/c1-12-7-8-14-9-10-15(17-16(14)11-12)13-5-3-2-4-6-13;1-2-6-10(7-3-1)11-8-4-5-9-12-11;/h2-5,7-11H,1H3;1-6,8-9H;/q2*-1;. The fourth-order valence-electron chi connectivity index (χ4n) is 3.00. The first-order chi connectivity index (χ1) is 14.3. The molecule has 2 nitrogen and oxygen atoms in total. The van der Waals surface area contributed by atoms with E-state index in [1.807, 2.05) is 72.8 Å². The van der Waals surface area contributed by atoms with Crippen molar-refractivity contribution in [2.24, 2.45) is 0 Å². The average molecular weight is 565 g/mol. The van der Waals surface area contributed by atoms with E-state index in [2.05, 4.69) is 53.3 Å². The van der Waals surface area contributed by atoms with Gasteiger partial charge in [-0.25, -0.2) is 0 Å². The van der Waals surface area contributed by atoms with Crippen molar-refractivity contribution < 1.29 is 20.1 Å². The first kappa shape index (κ1) is 21.6. The van der Waals surface area contributed by atoms with Crippen LogP contribution in [-0.4, -0.2) is 9.97 Å². The first-order valence-electron chi connectivity index (χ1n) is 9.52. The molecule has 0 unspecified atom stereocenters. The van der Waals surface area contributed by atoms with Gasteiger partial charge in [-0.2, -0.15) is 0 Å². The summed E-state index contributed by atoms with van der Waals surface area (Å²) in [5, 5.41) is 1.18. The normalized spacial score (nSPS) is 9.90. The molecule has 0 aliphatic rings. The second-order valence-corrected chi connectivity index (χ2v) is 6.66. The summed E-state index contributed by atoms with van der Waals surface area (Å²) in [4.78, 5) is 8.89. The number of rotatable bonds is 2. The van der Waals surface area contributed by atoms with Gasteiger partial charge in [0.25, 0.3) is 0 Å². The number of hydrogen-bond donors (Lipinski definition) is 0. The molecule has 2 aromatic heterocycles. The van der Waals surface area contributed by atoms with Crippen LogP contribution in [0.15, 0.2) is 103 Å². The van der Waals surface area contributed by atoms with Gasteiger partial charge in [-0.15, -0.1) is 71.8 Å². The fourth-order valence-corrected chi connectivity index (χ4v) is 3.00. The third-order valence-electron chi connectivity index (χ3n) is 4.48. The van der Waals surface area contributed by atoms with Crippen LogP contribution in [0.4, 0.5) is 0 Å². The maximum Gasteiger partial charge on any atom is 0.0597 e. The van der Waals surface area contributed by atoms with E-state index in [0.29, 0.717) is 0 Å². The molecular formula is C27H20IrN2-2. The van der Waals surface area contributed by atoms with E-state index in [9.17, 15) is 0 Å². The summed E-state index contributed by atoms with van der Waals surface area (Å²) in [6.45, 7) is 2.09. The van der Waals surface area contributed by atoms with E-state index >= 15 is 0 Å².